The van der Waals surface area contributed by atoms with Crippen molar-refractivity contribution in [2.45, 2.75) is 45.6 Å². The molecule has 1 aliphatic rings. The van der Waals surface area contributed by atoms with Crippen LogP contribution in [0.15, 0.2) is 0 Å². The van der Waals surface area contributed by atoms with Crippen LogP contribution in [-0.2, 0) is 4.79 Å². The molecule has 2 nitrogen and oxygen atoms in total. The number of carbonyl (C=O) groups is 1. The lowest BCUT2D eigenvalue weighted by Crippen LogP contribution is -2.39. The summed E-state index contributed by atoms with van der Waals surface area (Å²) in [6.45, 7) is 5.01. The van der Waals surface area contributed by atoms with Gasteiger partial charge in [0.05, 0.1) is 0 Å². The Balaban J connectivity index is 2.30. The van der Waals surface area contributed by atoms with Crippen LogP contribution < -0.4 is 5.32 Å². The Morgan fingerprint density at radius 3 is 2.92 bits per heavy atom. The van der Waals surface area contributed by atoms with Crippen LogP contribution in [0.2, 0.25) is 0 Å². The van der Waals surface area contributed by atoms with Crippen molar-refractivity contribution < 1.29 is 4.79 Å². The fourth-order valence-corrected chi connectivity index (χ4v) is 1.97. The van der Waals surface area contributed by atoms with E-state index < -0.39 is 0 Å². The SMILES string of the molecule is CCC1CCNC(CC(C)=O)C1. The Morgan fingerprint density at radius 1 is 1.58 bits per heavy atom. The first-order valence-electron chi connectivity index (χ1n) is 4.95. The van der Waals surface area contributed by atoms with Crippen LogP contribution in [-0.4, -0.2) is 18.4 Å². The van der Waals surface area contributed by atoms with Crippen LogP contribution in [0.3, 0.4) is 0 Å². The second-order valence-corrected chi connectivity index (χ2v) is 3.86. The summed E-state index contributed by atoms with van der Waals surface area (Å²) < 4.78 is 0. The minimum Gasteiger partial charge on any atom is -0.314 e. The second kappa shape index (κ2) is 4.61. The van der Waals surface area contributed by atoms with Gasteiger partial charge in [0, 0.05) is 12.5 Å². The summed E-state index contributed by atoms with van der Waals surface area (Å²) in [5.74, 6) is 1.15. The summed E-state index contributed by atoms with van der Waals surface area (Å²) in [5.41, 5.74) is 0. The Morgan fingerprint density at radius 2 is 2.33 bits per heavy atom. The van der Waals surface area contributed by atoms with Gasteiger partial charge in [-0.3, -0.25) is 4.79 Å². The van der Waals surface area contributed by atoms with Gasteiger partial charge in [-0.2, -0.15) is 0 Å². The molecule has 0 aromatic heterocycles. The predicted molar refractivity (Wildman–Crippen MR) is 50.1 cm³/mol. The van der Waals surface area contributed by atoms with Gasteiger partial charge >= 0.3 is 0 Å². The molecule has 1 rings (SSSR count). The summed E-state index contributed by atoms with van der Waals surface area (Å²) in [4.78, 5) is 10.9. The molecule has 12 heavy (non-hydrogen) atoms. The molecule has 1 fully saturated rings. The van der Waals surface area contributed by atoms with Gasteiger partial charge in [-0.25, -0.2) is 0 Å². The van der Waals surface area contributed by atoms with E-state index in [9.17, 15) is 4.79 Å². The highest BCUT2D eigenvalue weighted by Gasteiger charge is 2.20. The molecule has 0 radical (unpaired) electrons. The van der Waals surface area contributed by atoms with Gasteiger partial charge in [-0.1, -0.05) is 13.3 Å². The molecule has 0 amide bonds. The van der Waals surface area contributed by atoms with Crippen LogP contribution >= 0.6 is 0 Å². The lowest BCUT2D eigenvalue weighted by Gasteiger charge is -2.29. The van der Waals surface area contributed by atoms with E-state index in [2.05, 4.69) is 12.2 Å². The zero-order valence-corrected chi connectivity index (χ0v) is 8.10. The summed E-state index contributed by atoms with van der Waals surface area (Å²) in [7, 11) is 0. The van der Waals surface area contributed by atoms with E-state index in [1.165, 1.54) is 19.3 Å². The normalized spacial score (nSPS) is 30.2. The fourth-order valence-electron chi connectivity index (χ4n) is 1.97. The maximum Gasteiger partial charge on any atom is 0.131 e. The van der Waals surface area contributed by atoms with Crippen molar-refractivity contribution >= 4 is 5.78 Å². The molecule has 1 heterocycles. The van der Waals surface area contributed by atoms with Gasteiger partial charge in [0.2, 0.25) is 0 Å². The predicted octanol–water partition coefficient (Wildman–Crippen LogP) is 1.74. The molecule has 2 unspecified atom stereocenters. The molecule has 2 atom stereocenters. The number of piperidine rings is 1. The van der Waals surface area contributed by atoms with Gasteiger partial charge in [0.15, 0.2) is 0 Å². The maximum absolute atomic E-state index is 10.9. The zero-order chi connectivity index (χ0) is 8.97. The molecular formula is C10H19NO. The van der Waals surface area contributed by atoms with Crippen LogP contribution in [0.4, 0.5) is 0 Å². The number of nitrogens with one attached hydrogen (secondary N) is 1. The number of hydrogen-bond acceptors (Lipinski definition) is 2. The zero-order valence-electron chi connectivity index (χ0n) is 8.10. The van der Waals surface area contributed by atoms with E-state index in [0.29, 0.717) is 11.8 Å². The quantitative estimate of drug-likeness (QED) is 0.697. The van der Waals surface area contributed by atoms with E-state index in [4.69, 9.17) is 0 Å². The number of Topliss-reactive ketones (excluding diaryl/α,β-unsaturated/α-hetero) is 1. The molecule has 70 valence electrons. The van der Waals surface area contributed by atoms with Crippen LogP contribution in [0.5, 0.6) is 0 Å². The average molecular weight is 169 g/mol. The first-order valence-corrected chi connectivity index (χ1v) is 4.95. The number of carbonyl (C=O) groups excluding carboxylic acids is 1. The highest BCUT2D eigenvalue weighted by Crippen LogP contribution is 2.20. The van der Waals surface area contributed by atoms with Crippen LogP contribution in [0.25, 0.3) is 0 Å². The first-order chi connectivity index (χ1) is 5.72. The van der Waals surface area contributed by atoms with E-state index in [1.54, 1.807) is 6.92 Å². The van der Waals surface area contributed by atoms with Crippen molar-refractivity contribution in [3.63, 3.8) is 0 Å². The summed E-state index contributed by atoms with van der Waals surface area (Å²) in [6.07, 6.45) is 4.45. The largest absolute Gasteiger partial charge is 0.314 e. The molecule has 0 aromatic rings. The van der Waals surface area contributed by atoms with Gasteiger partial charge in [0.25, 0.3) is 0 Å². The van der Waals surface area contributed by atoms with Gasteiger partial charge in [0.1, 0.15) is 5.78 Å². The first kappa shape index (κ1) is 9.72. The van der Waals surface area contributed by atoms with Crippen molar-refractivity contribution in [2.24, 2.45) is 5.92 Å². The van der Waals surface area contributed by atoms with E-state index in [1.807, 2.05) is 0 Å². The van der Waals surface area contributed by atoms with Gasteiger partial charge in [-0.15, -0.1) is 0 Å². The lowest BCUT2D eigenvalue weighted by atomic mass is 9.88. The number of ketones is 1. The van der Waals surface area contributed by atoms with Crippen molar-refractivity contribution in [3.8, 4) is 0 Å². The fraction of sp³-hybridized carbons (Fsp3) is 0.900. The molecule has 2 heteroatoms. The Bertz CT molecular complexity index is 156. The third kappa shape index (κ3) is 2.94. The molecule has 1 N–H and O–H groups in total. The van der Waals surface area contributed by atoms with Crippen LogP contribution in [0, 0.1) is 5.92 Å². The molecule has 1 saturated heterocycles. The van der Waals surface area contributed by atoms with E-state index in [-0.39, 0.29) is 0 Å². The standard InChI is InChI=1S/C10H19NO/c1-3-9-4-5-11-10(7-9)6-8(2)12/h9-11H,3-7H2,1-2H3. The van der Waals surface area contributed by atoms with E-state index >= 15 is 0 Å². The minimum absolute atomic E-state index is 0.309. The molecule has 0 aromatic carbocycles. The molecular weight excluding hydrogens is 150 g/mol. The highest BCUT2D eigenvalue weighted by atomic mass is 16.1. The van der Waals surface area contributed by atoms with Gasteiger partial charge in [-0.05, 0) is 32.2 Å². The Labute approximate surface area is 74.7 Å². The Kier molecular flexibility index (Phi) is 3.73. The molecule has 0 aliphatic carbocycles. The van der Waals surface area contributed by atoms with Gasteiger partial charge < -0.3 is 5.32 Å². The smallest absolute Gasteiger partial charge is 0.131 e. The molecule has 1 aliphatic heterocycles. The number of hydrogen-bond donors (Lipinski definition) is 1. The van der Waals surface area contributed by atoms with E-state index in [0.717, 1.165) is 18.9 Å². The highest BCUT2D eigenvalue weighted by molar-refractivity contribution is 5.76. The summed E-state index contributed by atoms with van der Waals surface area (Å²) in [5, 5.41) is 3.39. The topological polar surface area (TPSA) is 29.1 Å². The van der Waals surface area contributed by atoms with Crippen LogP contribution in [0.1, 0.15) is 39.5 Å². The monoisotopic (exact) mass is 169 g/mol. The van der Waals surface area contributed by atoms with Crippen molar-refractivity contribution in [2.75, 3.05) is 6.54 Å². The van der Waals surface area contributed by atoms with Crippen molar-refractivity contribution in [1.29, 1.82) is 0 Å². The van der Waals surface area contributed by atoms with Crippen molar-refractivity contribution in [1.82, 2.24) is 5.32 Å². The Hall–Kier alpha value is -0.370. The number of rotatable bonds is 3. The molecule has 0 bridgehead atoms. The lowest BCUT2D eigenvalue weighted by molar-refractivity contribution is -0.117. The third-order valence-corrected chi connectivity index (χ3v) is 2.71. The molecule has 0 saturated carbocycles. The summed E-state index contributed by atoms with van der Waals surface area (Å²) in [6, 6.07) is 0.459. The third-order valence-electron chi connectivity index (χ3n) is 2.71. The maximum atomic E-state index is 10.9. The molecule has 0 spiro atoms. The minimum atomic E-state index is 0.309. The van der Waals surface area contributed by atoms with Crippen molar-refractivity contribution in [3.05, 3.63) is 0 Å². The second-order valence-electron chi connectivity index (χ2n) is 3.86. The summed E-state index contributed by atoms with van der Waals surface area (Å²) >= 11 is 0. The average Bonchev–Trinajstić information content (AvgIpc) is 2.03.